The van der Waals surface area contributed by atoms with Gasteiger partial charge >= 0.3 is 0 Å². The lowest BCUT2D eigenvalue weighted by molar-refractivity contribution is 0.00839. The van der Waals surface area contributed by atoms with E-state index in [1.165, 1.54) is 35.7 Å². The van der Waals surface area contributed by atoms with Gasteiger partial charge in [-0.1, -0.05) is 0 Å². The van der Waals surface area contributed by atoms with E-state index in [0.717, 1.165) is 0 Å². The Morgan fingerprint density at radius 2 is 0.958 bits per heavy atom. The van der Waals surface area contributed by atoms with Gasteiger partial charge in [0.25, 0.3) is 22.9 Å². The van der Waals surface area contributed by atoms with Crippen LogP contribution in [0.5, 0.6) is 11.5 Å². The van der Waals surface area contributed by atoms with E-state index in [1.54, 1.807) is 26.2 Å². The molecule has 2 N–H and O–H groups in total. The van der Waals surface area contributed by atoms with Crippen molar-refractivity contribution in [1.82, 2.24) is 29.6 Å². The molecule has 48 heavy (non-hydrogen) atoms. The Labute approximate surface area is 280 Å². The molecule has 0 saturated carbocycles. The molecule has 2 aromatic heterocycles. The molecule has 0 atom stereocenters. The van der Waals surface area contributed by atoms with Gasteiger partial charge in [-0.05, 0) is 12.1 Å². The SMILES string of the molecule is COc1c(C(=O)NCCN2CCOCCOCCN(CCNC(=O)c3ccn(C)c(=O)c3OC)CCOCCOCC2)ccn(C)c1=O. The van der Waals surface area contributed by atoms with Gasteiger partial charge in [-0.25, -0.2) is 0 Å². The lowest BCUT2D eigenvalue weighted by Crippen LogP contribution is -2.39. The van der Waals surface area contributed by atoms with Gasteiger partial charge in [-0.15, -0.1) is 0 Å². The minimum atomic E-state index is -0.378. The van der Waals surface area contributed by atoms with Crippen molar-refractivity contribution in [3.05, 3.63) is 56.4 Å². The number of pyridine rings is 2. The van der Waals surface area contributed by atoms with Crippen LogP contribution in [0.4, 0.5) is 0 Å². The van der Waals surface area contributed by atoms with E-state index in [9.17, 15) is 19.2 Å². The molecule has 0 aliphatic carbocycles. The third-order valence-corrected chi connectivity index (χ3v) is 7.72. The van der Waals surface area contributed by atoms with Gasteiger partial charge in [0.05, 0.1) is 78.2 Å². The molecule has 1 saturated heterocycles. The first-order valence-corrected chi connectivity index (χ1v) is 16.1. The van der Waals surface area contributed by atoms with Crippen LogP contribution in [-0.2, 0) is 33.0 Å². The van der Waals surface area contributed by atoms with Gasteiger partial charge in [-0.2, -0.15) is 0 Å². The molecule has 268 valence electrons. The third kappa shape index (κ3) is 12.3. The molecule has 3 rings (SSSR count). The van der Waals surface area contributed by atoms with Crippen molar-refractivity contribution in [2.45, 2.75) is 0 Å². The van der Waals surface area contributed by atoms with E-state index >= 15 is 0 Å². The zero-order valence-corrected chi connectivity index (χ0v) is 28.5. The summed E-state index contributed by atoms with van der Waals surface area (Å²) < 4.78 is 36.2. The van der Waals surface area contributed by atoms with Crippen molar-refractivity contribution < 1.29 is 38.0 Å². The average Bonchev–Trinajstić information content (AvgIpc) is 3.07. The summed E-state index contributed by atoms with van der Waals surface area (Å²) in [7, 11) is 5.93. The summed E-state index contributed by atoms with van der Waals surface area (Å²) in [6.45, 7) is 8.03. The molecule has 0 unspecified atom stereocenters. The van der Waals surface area contributed by atoms with Gasteiger partial charge in [0, 0.05) is 78.8 Å². The fourth-order valence-electron chi connectivity index (χ4n) is 4.90. The Hall–Kier alpha value is -3.80. The Morgan fingerprint density at radius 3 is 1.27 bits per heavy atom. The van der Waals surface area contributed by atoms with E-state index in [-0.39, 0.29) is 45.6 Å². The predicted molar refractivity (Wildman–Crippen MR) is 177 cm³/mol. The highest BCUT2D eigenvalue weighted by molar-refractivity contribution is 5.97. The van der Waals surface area contributed by atoms with Crippen molar-refractivity contribution in [3.8, 4) is 11.5 Å². The summed E-state index contributed by atoms with van der Waals surface area (Å²) in [5, 5.41) is 5.73. The number of aryl methyl sites for hydroxylation is 2. The number of ether oxygens (including phenoxy) is 6. The quantitative estimate of drug-likeness (QED) is 0.314. The van der Waals surface area contributed by atoms with E-state index < -0.39 is 0 Å². The molecule has 1 aliphatic rings. The number of aromatic nitrogens is 2. The number of methoxy groups -OCH3 is 2. The van der Waals surface area contributed by atoms with E-state index in [0.29, 0.717) is 105 Å². The van der Waals surface area contributed by atoms with Crippen molar-refractivity contribution >= 4 is 11.8 Å². The van der Waals surface area contributed by atoms with Crippen molar-refractivity contribution in [3.63, 3.8) is 0 Å². The van der Waals surface area contributed by atoms with Gasteiger partial charge in [-0.3, -0.25) is 29.0 Å². The molecular weight excluding hydrogens is 628 g/mol. The first-order valence-electron chi connectivity index (χ1n) is 16.1. The Balaban J connectivity index is 1.41. The highest BCUT2D eigenvalue weighted by atomic mass is 16.5. The summed E-state index contributed by atoms with van der Waals surface area (Å²) in [5.74, 6) is -0.733. The second-order valence-corrected chi connectivity index (χ2v) is 11.0. The number of carbonyl (C=O) groups is 2. The van der Waals surface area contributed by atoms with Crippen LogP contribution in [0.1, 0.15) is 20.7 Å². The fraction of sp³-hybridized carbons (Fsp3) is 0.625. The first-order chi connectivity index (χ1) is 23.3. The normalized spacial score (nSPS) is 16.8. The summed E-state index contributed by atoms with van der Waals surface area (Å²) in [4.78, 5) is 54.3. The number of nitrogens with zero attached hydrogens (tertiary/aromatic N) is 4. The lowest BCUT2D eigenvalue weighted by Gasteiger charge is -2.24. The number of rotatable bonds is 10. The van der Waals surface area contributed by atoms with Gasteiger partial charge in [0.1, 0.15) is 0 Å². The smallest absolute Gasteiger partial charge is 0.293 e. The average molecular weight is 679 g/mol. The van der Waals surface area contributed by atoms with Crippen LogP contribution >= 0.6 is 0 Å². The zero-order chi connectivity index (χ0) is 34.7. The molecule has 0 radical (unpaired) electrons. The monoisotopic (exact) mass is 678 g/mol. The van der Waals surface area contributed by atoms with Crippen LogP contribution in [-0.4, -0.2) is 150 Å². The molecule has 16 nitrogen and oxygen atoms in total. The Kier molecular flexibility index (Phi) is 17.1. The summed E-state index contributed by atoms with van der Waals surface area (Å²) >= 11 is 0. The maximum absolute atomic E-state index is 12.7. The maximum Gasteiger partial charge on any atom is 0.293 e. The second kappa shape index (κ2) is 21.2. The van der Waals surface area contributed by atoms with E-state index in [4.69, 9.17) is 28.4 Å². The maximum atomic E-state index is 12.7. The van der Waals surface area contributed by atoms with Gasteiger partial charge in [0.2, 0.25) is 0 Å². The van der Waals surface area contributed by atoms with Crippen LogP contribution in [0.25, 0.3) is 0 Å². The predicted octanol–water partition coefficient (Wildman–Crippen LogP) is -1.05. The number of hydrogen-bond donors (Lipinski definition) is 2. The van der Waals surface area contributed by atoms with Crippen LogP contribution in [0, 0.1) is 0 Å². The van der Waals surface area contributed by atoms with Crippen molar-refractivity contribution in [2.24, 2.45) is 14.1 Å². The highest BCUT2D eigenvalue weighted by Crippen LogP contribution is 2.12. The third-order valence-electron chi connectivity index (χ3n) is 7.72. The molecule has 2 amide bonds. The molecule has 2 aromatic rings. The number of nitrogens with one attached hydrogen (secondary N) is 2. The molecule has 1 aliphatic heterocycles. The van der Waals surface area contributed by atoms with Gasteiger partial charge < -0.3 is 48.2 Å². The molecule has 16 heteroatoms. The molecule has 1 fully saturated rings. The summed E-state index contributed by atoms with van der Waals surface area (Å²) in [6, 6.07) is 3.12. The highest BCUT2D eigenvalue weighted by Gasteiger charge is 2.18. The van der Waals surface area contributed by atoms with Crippen LogP contribution < -0.4 is 31.2 Å². The standard InChI is InChI=1S/C32H50N6O10/c1-35-9-5-25(27(43-3)31(35)41)29(39)33-7-11-37-13-17-45-21-23-47-19-15-38(16-20-48-24-22-46-18-14-37)12-8-34-30(40)26-6-10-36(2)32(42)28(26)44-4/h5-6,9-10H,7-8,11-24H2,1-4H3,(H,33,39)(H,34,40). The number of hydrogen-bond acceptors (Lipinski definition) is 12. The van der Waals surface area contributed by atoms with Gasteiger partial charge in [0.15, 0.2) is 11.5 Å². The Bertz CT molecular complexity index is 1290. The molecule has 0 bridgehead atoms. The minimum absolute atomic E-state index is 0.0109. The summed E-state index contributed by atoms with van der Waals surface area (Å²) in [6.07, 6.45) is 3.07. The second-order valence-electron chi connectivity index (χ2n) is 11.0. The van der Waals surface area contributed by atoms with E-state index in [1.807, 2.05) is 0 Å². The van der Waals surface area contributed by atoms with Crippen LogP contribution in [0.3, 0.4) is 0 Å². The molecule has 0 spiro atoms. The number of amides is 2. The fourth-order valence-corrected chi connectivity index (χ4v) is 4.90. The minimum Gasteiger partial charge on any atom is -0.491 e. The topological polar surface area (TPSA) is 164 Å². The van der Waals surface area contributed by atoms with Crippen molar-refractivity contribution in [2.75, 3.05) is 119 Å². The Morgan fingerprint density at radius 1 is 0.625 bits per heavy atom. The number of carbonyl (C=O) groups excluding carboxylic acids is 2. The largest absolute Gasteiger partial charge is 0.491 e. The zero-order valence-electron chi connectivity index (χ0n) is 28.5. The van der Waals surface area contributed by atoms with Crippen molar-refractivity contribution in [1.29, 1.82) is 0 Å². The molecule has 3 heterocycles. The lowest BCUT2D eigenvalue weighted by atomic mass is 10.2. The van der Waals surface area contributed by atoms with Crippen LogP contribution in [0.2, 0.25) is 0 Å². The first kappa shape index (κ1) is 38.6. The molecular formula is C32H50N6O10. The summed E-state index contributed by atoms with van der Waals surface area (Å²) in [5.41, 5.74) is -0.362. The molecule has 0 aromatic carbocycles. The van der Waals surface area contributed by atoms with Crippen LogP contribution in [0.15, 0.2) is 34.1 Å². The van der Waals surface area contributed by atoms with E-state index in [2.05, 4.69) is 20.4 Å².